The zero-order chi connectivity index (χ0) is 17.9. The van der Waals surface area contributed by atoms with Gasteiger partial charge in [0.2, 0.25) is 11.1 Å². The summed E-state index contributed by atoms with van der Waals surface area (Å²) < 4.78 is 1.71. The van der Waals surface area contributed by atoms with Gasteiger partial charge >= 0.3 is 0 Å². The van der Waals surface area contributed by atoms with E-state index in [1.807, 2.05) is 27.7 Å². The number of ketones is 1. The van der Waals surface area contributed by atoms with Gasteiger partial charge in [0, 0.05) is 18.2 Å². The van der Waals surface area contributed by atoms with Gasteiger partial charge in [-0.1, -0.05) is 11.8 Å². The summed E-state index contributed by atoms with van der Waals surface area (Å²) >= 11 is 1.33. The maximum atomic E-state index is 12.6. The van der Waals surface area contributed by atoms with Gasteiger partial charge in [-0.25, -0.2) is 4.68 Å². The summed E-state index contributed by atoms with van der Waals surface area (Å²) in [5.74, 6) is -0.162. The number of thioether (sulfide) groups is 1. The first-order valence-corrected chi connectivity index (χ1v) is 8.44. The molecule has 0 saturated carbocycles. The molecule has 1 atom stereocenters. The van der Waals surface area contributed by atoms with E-state index in [1.165, 1.54) is 18.7 Å². The van der Waals surface area contributed by atoms with Crippen molar-refractivity contribution in [1.29, 1.82) is 0 Å². The van der Waals surface area contributed by atoms with E-state index in [-0.39, 0.29) is 22.5 Å². The quantitative estimate of drug-likeness (QED) is 0.661. The first-order valence-electron chi connectivity index (χ1n) is 7.56. The number of nitrogens with one attached hydrogen (secondary N) is 1. The topological polar surface area (TPSA) is 89.8 Å². The molecule has 0 spiro atoms. The van der Waals surface area contributed by atoms with Crippen LogP contribution in [0.1, 0.15) is 45.0 Å². The molecule has 128 valence electrons. The Balaban J connectivity index is 2.10. The van der Waals surface area contributed by atoms with Gasteiger partial charge in [0.05, 0.1) is 10.8 Å². The van der Waals surface area contributed by atoms with Gasteiger partial charge in [0.15, 0.2) is 5.78 Å². The van der Waals surface area contributed by atoms with Crippen LogP contribution in [0.5, 0.6) is 0 Å². The normalized spacial score (nSPS) is 12.7. The molecule has 1 heterocycles. The minimum Gasteiger partial charge on any atom is -0.326 e. The molecule has 7 nitrogen and oxygen atoms in total. The Hall–Kier alpha value is -2.22. The molecule has 0 unspecified atom stereocenters. The molecule has 1 amide bonds. The van der Waals surface area contributed by atoms with Crippen LogP contribution < -0.4 is 5.32 Å². The number of benzene rings is 1. The van der Waals surface area contributed by atoms with Gasteiger partial charge in [-0.3, -0.25) is 9.59 Å². The maximum absolute atomic E-state index is 12.6. The number of amides is 1. The van der Waals surface area contributed by atoms with Crippen LogP contribution >= 0.6 is 11.8 Å². The van der Waals surface area contributed by atoms with Crippen LogP contribution in [0.2, 0.25) is 0 Å². The third kappa shape index (κ3) is 4.41. The number of hydrogen-bond donors (Lipinski definition) is 1. The second kappa shape index (κ2) is 7.12. The van der Waals surface area contributed by atoms with Crippen molar-refractivity contribution >= 4 is 29.1 Å². The molecule has 1 aromatic carbocycles. The second-order valence-electron chi connectivity index (χ2n) is 6.43. The highest BCUT2D eigenvalue weighted by Gasteiger charge is 2.24. The molecule has 1 N–H and O–H groups in total. The fraction of sp³-hybridized carbons (Fsp3) is 0.438. The third-order valence-electron chi connectivity index (χ3n) is 3.22. The van der Waals surface area contributed by atoms with Crippen LogP contribution in [-0.2, 0) is 10.3 Å². The predicted octanol–water partition coefficient (Wildman–Crippen LogP) is 2.75. The Morgan fingerprint density at radius 1 is 1.21 bits per heavy atom. The molecule has 0 aliphatic rings. The van der Waals surface area contributed by atoms with Gasteiger partial charge in [-0.2, -0.15) is 0 Å². The van der Waals surface area contributed by atoms with E-state index in [9.17, 15) is 9.59 Å². The summed E-state index contributed by atoms with van der Waals surface area (Å²) in [4.78, 5) is 23.6. The largest absolute Gasteiger partial charge is 0.326 e. The standard InChI is InChI=1S/C16H21N5O2S/c1-10(24-15-18-19-20-21(15)16(3,4)5)14(23)12-6-8-13(9-7-12)17-11(2)22/h6-10H,1-5H3,(H,17,22)/t10-/m0/s1. The van der Waals surface area contributed by atoms with Crippen LogP contribution in [-0.4, -0.2) is 37.1 Å². The molecular weight excluding hydrogens is 326 g/mol. The summed E-state index contributed by atoms with van der Waals surface area (Å²) in [6, 6.07) is 6.84. The fourth-order valence-corrected chi connectivity index (χ4v) is 3.09. The lowest BCUT2D eigenvalue weighted by Gasteiger charge is -2.20. The van der Waals surface area contributed by atoms with Crippen molar-refractivity contribution < 1.29 is 9.59 Å². The van der Waals surface area contributed by atoms with Gasteiger partial charge in [-0.05, 0) is 62.4 Å². The molecular formula is C16H21N5O2S. The summed E-state index contributed by atoms with van der Waals surface area (Å²) in [6.07, 6.45) is 0. The predicted molar refractivity (Wildman–Crippen MR) is 93.2 cm³/mol. The second-order valence-corrected chi connectivity index (χ2v) is 7.73. The minimum atomic E-state index is -0.330. The minimum absolute atomic E-state index is 0.0159. The van der Waals surface area contributed by atoms with E-state index in [0.29, 0.717) is 16.4 Å². The molecule has 24 heavy (non-hydrogen) atoms. The number of anilines is 1. The Bertz CT molecular complexity index is 734. The number of tetrazole rings is 1. The maximum Gasteiger partial charge on any atom is 0.221 e. The van der Waals surface area contributed by atoms with E-state index in [1.54, 1.807) is 28.9 Å². The molecule has 0 saturated heterocycles. The van der Waals surface area contributed by atoms with Crippen molar-refractivity contribution in [3.05, 3.63) is 29.8 Å². The Morgan fingerprint density at radius 3 is 2.38 bits per heavy atom. The van der Waals surface area contributed by atoms with Crippen LogP contribution in [0.25, 0.3) is 0 Å². The number of carbonyl (C=O) groups excluding carboxylic acids is 2. The first-order chi connectivity index (χ1) is 11.2. The molecule has 0 aliphatic heterocycles. The van der Waals surface area contributed by atoms with E-state index in [4.69, 9.17) is 0 Å². The molecule has 8 heteroatoms. The number of aromatic nitrogens is 4. The van der Waals surface area contributed by atoms with Crippen LogP contribution in [0.4, 0.5) is 5.69 Å². The van der Waals surface area contributed by atoms with Crippen molar-refractivity contribution in [3.8, 4) is 0 Å². The number of carbonyl (C=O) groups is 2. The van der Waals surface area contributed by atoms with Crippen molar-refractivity contribution in [2.24, 2.45) is 0 Å². The van der Waals surface area contributed by atoms with Crippen molar-refractivity contribution in [2.45, 2.75) is 50.6 Å². The molecule has 1 aromatic heterocycles. The van der Waals surface area contributed by atoms with Crippen molar-refractivity contribution in [1.82, 2.24) is 20.2 Å². The van der Waals surface area contributed by atoms with Crippen molar-refractivity contribution in [3.63, 3.8) is 0 Å². The first kappa shape index (κ1) is 18.1. The summed E-state index contributed by atoms with van der Waals surface area (Å²) in [5.41, 5.74) is 0.990. The molecule has 0 radical (unpaired) electrons. The molecule has 0 fully saturated rings. The van der Waals surface area contributed by atoms with Crippen LogP contribution in [0, 0.1) is 0 Å². The van der Waals surface area contributed by atoms with E-state index in [0.717, 1.165) is 0 Å². The molecule has 0 aliphatic carbocycles. The van der Waals surface area contributed by atoms with E-state index >= 15 is 0 Å². The zero-order valence-corrected chi connectivity index (χ0v) is 15.2. The highest BCUT2D eigenvalue weighted by atomic mass is 32.2. The third-order valence-corrected chi connectivity index (χ3v) is 4.25. The SMILES string of the molecule is CC(=O)Nc1ccc(C(=O)[C@H](C)Sc2nnnn2C(C)(C)C)cc1. The number of nitrogens with zero attached hydrogens (tertiary/aromatic N) is 4. The summed E-state index contributed by atoms with van der Waals surface area (Å²) in [6.45, 7) is 9.27. The van der Waals surface area contributed by atoms with E-state index in [2.05, 4.69) is 20.8 Å². The Kier molecular flexibility index (Phi) is 5.38. The van der Waals surface area contributed by atoms with Crippen LogP contribution in [0.3, 0.4) is 0 Å². The zero-order valence-electron chi connectivity index (χ0n) is 14.4. The smallest absolute Gasteiger partial charge is 0.221 e. The van der Waals surface area contributed by atoms with E-state index < -0.39 is 0 Å². The lowest BCUT2D eigenvalue weighted by atomic mass is 10.1. The molecule has 2 rings (SSSR count). The molecule has 2 aromatic rings. The van der Waals surface area contributed by atoms with Gasteiger partial charge in [0.1, 0.15) is 0 Å². The lowest BCUT2D eigenvalue weighted by molar-refractivity contribution is -0.114. The lowest BCUT2D eigenvalue weighted by Crippen LogP contribution is -2.25. The molecule has 0 bridgehead atoms. The number of Topliss-reactive ketones (excluding diaryl/α,β-unsaturated/α-hetero) is 1. The highest BCUT2D eigenvalue weighted by molar-refractivity contribution is 8.00. The summed E-state index contributed by atoms with van der Waals surface area (Å²) in [7, 11) is 0. The van der Waals surface area contributed by atoms with Crippen molar-refractivity contribution in [2.75, 3.05) is 5.32 Å². The fourth-order valence-electron chi connectivity index (χ4n) is 2.04. The Labute approximate surface area is 145 Å². The van der Waals surface area contributed by atoms with Gasteiger partial charge < -0.3 is 5.32 Å². The highest BCUT2D eigenvalue weighted by Crippen LogP contribution is 2.27. The average Bonchev–Trinajstić information content (AvgIpc) is 2.95. The summed E-state index contributed by atoms with van der Waals surface area (Å²) in [5, 5.41) is 14.7. The monoisotopic (exact) mass is 347 g/mol. The number of hydrogen-bond acceptors (Lipinski definition) is 6. The van der Waals surface area contributed by atoms with Crippen LogP contribution in [0.15, 0.2) is 29.4 Å². The average molecular weight is 347 g/mol. The number of rotatable bonds is 5. The van der Waals surface area contributed by atoms with Gasteiger partial charge in [0.25, 0.3) is 0 Å². The van der Waals surface area contributed by atoms with Gasteiger partial charge in [-0.15, -0.1) is 5.10 Å². The Morgan fingerprint density at radius 2 is 1.83 bits per heavy atom.